The van der Waals surface area contributed by atoms with E-state index in [4.69, 9.17) is 11.6 Å². The highest BCUT2D eigenvalue weighted by molar-refractivity contribution is 6.30. The van der Waals surface area contributed by atoms with Gasteiger partial charge in [-0.05, 0) is 37.0 Å². The molecule has 1 atom stereocenters. The predicted molar refractivity (Wildman–Crippen MR) is 108 cm³/mol. The van der Waals surface area contributed by atoms with Crippen LogP contribution in [-0.2, 0) is 15.0 Å². The first-order valence-corrected chi connectivity index (χ1v) is 10.2. The molecule has 28 heavy (non-hydrogen) atoms. The van der Waals surface area contributed by atoms with Gasteiger partial charge < -0.3 is 10.2 Å². The first-order valence-electron chi connectivity index (χ1n) is 9.85. The van der Waals surface area contributed by atoms with Crippen molar-refractivity contribution in [3.63, 3.8) is 0 Å². The molecule has 2 aliphatic rings. The molecule has 2 heterocycles. The lowest BCUT2D eigenvalue weighted by molar-refractivity contribution is -0.136. The number of nitrogens with zero attached hydrogens (tertiary/aromatic N) is 3. The minimum absolute atomic E-state index is 0.117. The number of halogens is 1. The van der Waals surface area contributed by atoms with Crippen LogP contribution in [0.4, 0.5) is 5.69 Å². The molecule has 2 aromatic rings. The smallest absolute Gasteiger partial charge is 0.233 e. The van der Waals surface area contributed by atoms with Gasteiger partial charge in [-0.3, -0.25) is 14.3 Å². The quantitative estimate of drug-likeness (QED) is 0.849. The van der Waals surface area contributed by atoms with Crippen LogP contribution >= 0.6 is 11.6 Å². The lowest BCUT2D eigenvalue weighted by Gasteiger charge is -2.33. The molecule has 0 bridgehead atoms. The molecule has 2 fully saturated rings. The summed E-state index contributed by atoms with van der Waals surface area (Å²) in [5.41, 5.74) is 1.34. The number of anilines is 1. The zero-order valence-electron chi connectivity index (χ0n) is 16.0. The molecule has 0 radical (unpaired) electrons. The number of nitrogens with one attached hydrogen (secondary N) is 1. The maximum Gasteiger partial charge on any atom is 0.233 e. The first-order chi connectivity index (χ1) is 13.5. The highest BCUT2D eigenvalue weighted by Gasteiger charge is 2.46. The largest absolute Gasteiger partial charge is 0.340 e. The van der Waals surface area contributed by atoms with Gasteiger partial charge in [0.25, 0.3) is 0 Å². The molecule has 4 rings (SSSR count). The molecule has 1 saturated heterocycles. The van der Waals surface area contributed by atoms with Crippen LogP contribution in [0.3, 0.4) is 0 Å². The fraction of sp³-hybridized carbons (Fsp3) is 0.476. The molecular weight excluding hydrogens is 376 g/mol. The monoisotopic (exact) mass is 400 g/mol. The second-order valence-electron chi connectivity index (χ2n) is 7.88. The molecule has 148 valence electrons. The second-order valence-corrected chi connectivity index (χ2v) is 8.32. The number of hydrogen-bond acceptors (Lipinski definition) is 3. The fourth-order valence-corrected chi connectivity index (χ4v) is 4.75. The summed E-state index contributed by atoms with van der Waals surface area (Å²) in [6.07, 6.45) is 8.29. The lowest BCUT2D eigenvalue weighted by atomic mass is 9.77. The molecule has 1 aliphatic heterocycles. The van der Waals surface area contributed by atoms with Crippen molar-refractivity contribution in [2.75, 3.05) is 18.4 Å². The molecular formula is C21H25ClN4O2. The minimum Gasteiger partial charge on any atom is -0.340 e. The summed E-state index contributed by atoms with van der Waals surface area (Å²) >= 11 is 6.06. The molecule has 0 spiro atoms. The van der Waals surface area contributed by atoms with E-state index in [9.17, 15) is 9.59 Å². The molecule has 1 saturated carbocycles. The summed E-state index contributed by atoms with van der Waals surface area (Å²) in [4.78, 5) is 26.8. The van der Waals surface area contributed by atoms with E-state index in [1.54, 1.807) is 6.20 Å². The highest BCUT2D eigenvalue weighted by atomic mass is 35.5. The molecule has 7 heteroatoms. The Morgan fingerprint density at radius 2 is 1.93 bits per heavy atom. The number of carbonyl (C=O) groups excluding carboxylic acids is 2. The van der Waals surface area contributed by atoms with Crippen LogP contribution in [0.5, 0.6) is 0 Å². The van der Waals surface area contributed by atoms with E-state index >= 15 is 0 Å². The van der Waals surface area contributed by atoms with E-state index in [2.05, 4.69) is 10.4 Å². The highest BCUT2D eigenvalue weighted by Crippen LogP contribution is 2.44. The van der Waals surface area contributed by atoms with Gasteiger partial charge in [-0.25, -0.2) is 0 Å². The molecule has 1 N–H and O–H groups in total. The summed E-state index contributed by atoms with van der Waals surface area (Å²) in [5.74, 6) is 0.109. The van der Waals surface area contributed by atoms with Crippen molar-refractivity contribution >= 4 is 29.1 Å². The van der Waals surface area contributed by atoms with E-state index in [1.165, 1.54) is 6.92 Å². The van der Waals surface area contributed by atoms with Crippen molar-refractivity contribution in [3.8, 4) is 0 Å². The Kier molecular flexibility index (Phi) is 5.15. The number of amides is 2. The number of hydrogen-bond donors (Lipinski definition) is 1. The van der Waals surface area contributed by atoms with Crippen molar-refractivity contribution in [1.82, 2.24) is 14.7 Å². The third-order valence-corrected chi connectivity index (χ3v) is 6.26. The Labute approximate surface area is 169 Å². The van der Waals surface area contributed by atoms with Gasteiger partial charge in [-0.1, -0.05) is 36.6 Å². The van der Waals surface area contributed by atoms with Crippen LogP contribution in [0.15, 0.2) is 36.7 Å². The molecule has 1 aromatic heterocycles. The maximum absolute atomic E-state index is 13.6. The SMILES string of the molecule is CC(=O)Nc1cnn(C2CCN(C(=O)C3(c4ccc(Cl)cc4)CCCC3)C2)c1. The summed E-state index contributed by atoms with van der Waals surface area (Å²) in [6.45, 7) is 2.86. The third-order valence-electron chi connectivity index (χ3n) is 6.01. The van der Waals surface area contributed by atoms with Gasteiger partial charge in [-0.15, -0.1) is 0 Å². The average molecular weight is 401 g/mol. The van der Waals surface area contributed by atoms with Gasteiger partial charge in [0, 0.05) is 31.2 Å². The van der Waals surface area contributed by atoms with Crippen LogP contribution in [0.25, 0.3) is 0 Å². The Hall–Kier alpha value is -2.34. The van der Waals surface area contributed by atoms with E-state index < -0.39 is 5.41 Å². The lowest BCUT2D eigenvalue weighted by Crippen LogP contribution is -2.44. The molecule has 1 aromatic carbocycles. The van der Waals surface area contributed by atoms with Crippen LogP contribution in [0.2, 0.25) is 5.02 Å². The number of aromatic nitrogens is 2. The standard InChI is InChI=1S/C21H25ClN4O2/c1-15(27)24-18-12-23-26(13-18)19-8-11-25(14-19)20(28)21(9-2-3-10-21)16-4-6-17(22)7-5-16/h4-7,12-13,19H,2-3,8-11,14H2,1H3,(H,24,27). The van der Waals surface area contributed by atoms with E-state index in [-0.39, 0.29) is 17.9 Å². The normalized spacial score (nSPS) is 21.1. The zero-order valence-corrected chi connectivity index (χ0v) is 16.8. The fourth-order valence-electron chi connectivity index (χ4n) is 4.62. The van der Waals surface area contributed by atoms with Crippen molar-refractivity contribution in [3.05, 3.63) is 47.2 Å². The summed E-state index contributed by atoms with van der Waals surface area (Å²) in [5, 5.41) is 7.82. The van der Waals surface area contributed by atoms with Gasteiger partial charge in [-0.2, -0.15) is 5.10 Å². The summed E-state index contributed by atoms with van der Waals surface area (Å²) < 4.78 is 1.86. The van der Waals surface area contributed by atoms with Crippen molar-refractivity contribution < 1.29 is 9.59 Å². The van der Waals surface area contributed by atoms with Gasteiger partial charge in [0.2, 0.25) is 11.8 Å². The van der Waals surface area contributed by atoms with E-state index in [1.807, 2.05) is 40.0 Å². The Bertz CT molecular complexity index is 871. The Balaban J connectivity index is 1.51. The third kappa shape index (κ3) is 3.53. The molecule has 1 aliphatic carbocycles. The van der Waals surface area contributed by atoms with Crippen molar-refractivity contribution in [2.45, 2.75) is 50.5 Å². The van der Waals surface area contributed by atoms with Crippen LogP contribution in [0, 0.1) is 0 Å². The van der Waals surface area contributed by atoms with Crippen LogP contribution < -0.4 is 5.32 Å². The first kappa shape index (κ1) is 19.0. The maximum atomic E-state index is 13.6. The number of likely N-dealkylation sites (tertiary alicyclic amines) is 1. The molecule has 6 nitrogen and oxygen atoms in total. The summed E-state index contributed by atoms with van der Waals surface area (Å²) in [7, 11) is 0. The summed E-state index contributed by atoms with van der Waals surface area (Å²) in [6, 6.07) is 7.91. The minimum atomic E-state index is -0.426. The van der Waals surface area contributed by atoms with Gasteiger partial charge in [0.15, 0.2) is 0 Å². The van der Waals surface area contributed by atoms with Crippen LogP contribution in [0.1, 0.15) is 50.6 Å². The Morgan fingerprint density at radius 3 is 2.61 bits per heavy atom. The number of benzene rings is 1. The van der Waals surface area contributed by atoms with Gasteiger partial charge in [0.1, 0.15) is 0 Å². The van der Waals surface area contributed by atoms with Gasteiger partial charge in [0.05, 0.1) is 23.3 Å². The van der Waals surface area contributed by atoms with E-state index in [0.29, 0.717) is 17.3 Å². The Morgan fingerprint density at radius 1 is 1.21 bits per heavy atom. The van der Waals surface area contributed by atoms with E-state index in [0.717, 1.165) is 44.2 Å². The number of carbonyl (C=O) groups is 2. The average Bonchev–Trinajstić information content (AvgIpc) is 3.42. The van der Waals surface area contributed by atoms with Crippen LogP contribution in [-0.4, -0.2) is 39.6 Å². The zero-order chi connectivity index (χ0) is 19.7. The van der Waals surface area contributed by atoms with Gasteiger partial charge >= 0.3 is 0 Å². The topological polar surface area (TPSA) is 67.2 Å². The number of rotatable bonds is 4. The molecule has 2 amide bonds. The predicted octanol–water partition coefficient (Wildman–Crippen LogP) is 3.78. The van der Waals surface area contributed by atoms with Crippen molar-refractivity contribution in [1.29, 1.82) is 0 Å². The van der Waals surface area contributed by atoms with Crippen molar-refractivity contribution in [2.24, 2.45) is 0 Å². The second kappa shape index (κ2) is 7.59. The molecule has 1 unspecified atom stereocenters.